The topological polar surface area (TPSA) is 119 Å². The molecule has 0 aliphatic carbocycles. The Labute approximate surface area is 293 Å². The number of hydrogen-bond donors (Lipinski definition) is 2. The van der Waals surface area contributed by atoms with E-state index >= 15 is 0 Å². The maximum atomic E-state index is 12.3. The number of unbranched alkanes of at least 4 members (excludes halogenated alkanes) is 16. The standard InChI is InChI=1S/C39H69O8P/c1-3-5-7-9-11-13-15-17-18-19-20-22-23-25-27-29-31-33-38(40)45-35-37(36-46-48(42,43)44)47-39(41)34-32-30-28-26-24-21-16-14-12-10-8-6-4-2/h11,13,17-18,20,22,25,27,37H,3-10,12,14-16,19,21,23-24,26,28-36H2,1-2H3,(H2,42,43,44)/b13-11+,18-17+,22-20+,27-25+/t37-/m1/s1. The molecule has 0 saturated heterocycles. The van der Waals surface area contributed by atoms with E-state index in [4.69, 9.17) is 19.3 Å². The third-order valence-electron chi connectivity index (χ3n) is 7.85. The Morgan fingerprint density at radius 1 is 0.542 bits per heavy atom. The molecule has 48 heavy (non-hydrogen) atoms. The summed E-state index contributed by atoms with van der Waals surface area (Å²) in [5.74, 6) is -0.950. The van der Waals surface area contributed by atoms with Crippen LogP contribution in [-0.2, 0) is 28.2 Å². The van der Waals surface area contributed by atoms with Crippen LogP contribution in [0.25, 0.3) is 0 Å². The molecule has 1 atom stereocenters. The molecule has 0 aromatic rings. The predicted molar refractivity (Wildman–Crippen MR) is 198 cm³/mol. The number of carbonyl (C=O) groups excluding carboxylic acids is 2. The molecule has 2 N–H and O–H groups in total. The first-order valence-electron chi connectivity index (χ1n) is 18.9. The highest BCUT2D eigenvalue weighted by atomic mass is 31.2. The van der Waals surface area contributed by atoms with Gasteiger partial charge in [0.25, 0.3) is 0 Å². The molecule has 278 valence electrons. The molecule has 0 amide bonds. The van der Waals surface area contributed by atoms with Crippen LogP contribution in [0, 0.1) is 0 Å². The lowest BCUT2D eigenvalue weighted by Gasteiger charge is -2.18. The first kappa shape index (κ1) is 46.0. The van der Waals surface area contributed by atoms with Crippen LogP contribution in [0.5, 0.6) is 0 Å². The van der Waals surface area contributed by atoms with Crippen LogP contribution >= 0.6 is 7.82 Å². The van der Waals surface area contributed by atoms with Crippen molar-refractivity contribution >= 4 is 19.8 Å². The maximum absolute atomic E-state index is 12.3. The van der Waals surface area contributed by atoms with Gasteiger partial charge in [0.1, 0.15) is 6.61 Å². The van der Waals surface area contributed by atoms with E-state index < -0.39 is 32.5 Å². The number of phosphoric ester groups is 1. The number of ether oxygens (including phenoxy) is 2. The fourth-order valence-electron chi connectivity index (χ4n) is 5.01. The van der Waals surface area contributed by atoms with Crippen LogP contribution in [0.1, 0.15) is 168 Å². The third kappa shape index (κ3) is 36.8. The Kier molecular flexibility index (Phi) is 33.4. The molecule has 0 heterocycles. The van der Waals surface area contributed by atoms with Gasteiger partial charge < -0.3 is 19.3 Å². The second-order valence-corrected chi connectivity index (χ2v) is 13.8. The summed E-state index contributed by atoms with van der Waals surface area (Å²) in [7, 11) is -4.76. The molecule has 0 aromatic heterocycles. The van der Waals surface area contributed by atoms with Crippen LogP contribution in [-0.4, -0.2) is 41.0 Å². The van der Waals surface area contributed by atoms with Crippen molar-refractivity contribution in [2.75, 3.05) is 13.2 Å². The lowest BCUT2D eigenvalue weighted by molar-refractivity contribution is -0.161. The van der Waals surface area contributed by atoms with Gasteiger partial charge in [-0.05, 0) is 51.4 Å². The number of allylic oxidation sites excluding steroid dienone is 8. The van der Waals surface area contributed by atoms with E-state index in [1.165, 1.54) is 83.5 Å². The van der Waals surface area contributed by atoms with Crippen molar-refractivity contribution in [3.63, 3.8) is 0 Å². The van der Waals surface area contributed by atoms with Gasteiger partial charge in [-0.25, -0.2) is 4.57 Å². The monoisotopic (exact) mass is 696 g/mol. The molecule has 0 fully saturated rings. The molecule has 0 unspecified atom stereocenters. The van der Waals surface area contributed by atoms with E-state index in [2.05, 4.69) is 60.9 Å². The Morgan fingerprint density at radius 2 is 0.958 bits per heavy atom. The van der Waals surface area contributed by atoms with Crippen LogP contribution in [0.2, 0.25) is 0 Å². The van der Waals surface area contributed by atoms with Crippen LogP contribution in [0.3, 0.4) is 0 Å². The molecular weight excluding hydrogens is 627 g/mol. The largest absolute Gasteiger partial charge is 0.469 e. The van der Waals surface area contributed by atoms with Gasteiger partial charge in [0.05, 0.1) is 6.61 Å². The summed E-state index contributed by atoms with van der Waals surface area (Å²) in [6, 6.07) is 0. The van der Waals surface area contributed by atoms with Crippen molar-refractivity contribution in [2.45, 2.75) is 174 Å². The zero-order chi connectivity index (χ0) is 35.4. The molecule has 0 aliphatic heterocycles. The number of phosphoric acid groups is 1. The average molecular weight is 697 g/mol. The Morgan fingerprint density at radius 3 is 1.46 bits per heavy atom. The van der Waals surface area contributed by atoms with E-state index in [9.17, 15) is 14.2 Å². The summed E-state index contributed by atoms with van der Waals surface area (Å²) in [6.45, 7) is 3.59. The summed E-state index contributed by atoms with van der Waals surface area (Å²) >= 11 is 0. The Hall–Kier alpha value is -1.99. The molecule has 0 aliphatic rings. The Balaban J connectivity index is 4.07. The normalized spacial score (nSPS) is 13.0. The minimum Gasteiger partial charge on any atom is -0.462 e. The molecule has 8 nitrogen and oxygen atoms in total. The molecule has 0 saturated carbocycles. The van der Waals surface area contributed by atoms with E-state index in [-0.39, 0.29) is 19.4 Å². The number of carbonyl (C=O) groups is 2. The fourth-order valence-corrected chi connectivity index (χ4v) is 5.37. The summed E-state index contributed by atoms with van der Waals surface area (Å²) < 4.78 is 26.2. The van der Waals surface area contributed by atoms with Crippen molar-refractivity contribution in [3.05, 3.63) is 48.6 Å². The van der Waals surface area contributed by atoms with Gasteiger partial charge in [-0.1, -0.05) is 152 Å². The maximum Gasteiger partial charge on any atom is 0.469 e. The predicted octanol–water partition coefficient (Wildman–Crippen LogP) is 11.2. The number of rotatable bonds is 34. The quantitative estimate of drug-likeness (QED) is 0.0295. The van der Waals surface area contributed by atoms with E-state index in [1.54, 1.807) is 0 Å². The second-order valence-electron chi connectivity index (χ2n) is 12.6. The average Bonchev–Trinajstić information content (AvgIpc) is 3.05. The van der Waals surface area contributed by atoms with Crippen LogP contribution < -0.4 is 0 Å². The second kappa shape index (κ2) is 34.9. The molecule has 0 bridgehead atoms. The minimum atomic E-state index is -4.76. The highest BCUT2D eigenvalue weighted by Crippen LogP contribution is 2.36. The minimum absolute atomic E-state index is 0.191. The van der Waals surface area contributed by atoms with Crippen molar-refractivity contribution in [1.82, 2.24) is 0 Å². The fraction of sp³-hybridized carbons (Fsp3) is 0.744. The van der Waals surface area contributed by atoms with Gasteiger partial charge in [0.2, 0.25) is 0 Å². The molecule has 0 radical (unpaired) electrons. The number of esters is 2. The van der Waals surface area contributed by atoms with Gasteiger partial charge in [0, 0.05) is 12.8 Å². The van der Waals surface area contributed by atoms with Crippen molar-refractivity contribution in [3.8, 4) is 0 Å². The zero-order valence-electron chi connectivity index (χ0n) is 30.4. The van der Waals surface area contributed by atoms with Gasteiger partial charge in [-0.3, -0.25) is 14.1 Å². The lowest BCUT2D eigenvalue weighted by atomic mass is 10.0. The van der Waals surface area contributed by atoms with Gasteiger partial charge in [0.15, 0.2) is 6.10 Å². The summed E-state index contributed by atoms with van der Waals surface area (Å²) in [5, 5.41) is 0. The molecule has 0 spiro atoms. The zero-order valence-corrected chi connectivity index (χ0v) is 31.3. The summed E-state index contributed by atoms with van der Waals surface area (Å²) in [6.07, 6.45) is 41.2. The van der Waals surface area contributed by atoms with E-state index in [0.29, 0.717) is 12.8 Å². The molecule has 0 rings (SSSR count). The van der Waals surface area contributed by atoms with Gasteiger partial charge in [-0.15, -0.1) is 0 Å². The molecule has 9 heteroatoms. The Bertz CT molecular complexity index is 921. The highest BCUT2D eigenvalue weighted by molar-refractivity contribution is 7.46. The van der Waals surface area contributed by atoms with Gasteiger partial charge in [-0.2, -0.15) is 0 Å². The van der Waals surface area contributed by atoms with Gasteiger partial charge >= 0.3 is 19.8 Å². The lowest BCUT2D eigenvalue weighted by Crippen LogP contribution is -2.29. The van der Waals surface area contributed by atoms with Crippen molar-refractivity contribution in [1.29, 1.82) is 0 Å². The first-order valence-corrected chi connectivity index (χ1v) is 20.5. The van der Waals surface area contributed by atoms with Crippen molar-refractivity contribution in [2.24, 2.45) is 0 Å². The summed E-state index contributed by atoms with van der Waals surface area (Å²) in [4.78, 5) is 42.6. The van der Waals surface area contributed by atoms with Crippen LogP contribution in [0.15, 0.2) is 48.6 Å². The number of hydrogen-bond acceptors (Lipinski definition) is 6. The summed E-state index contributed by atoms with van der Waals surface area (Å²) in [5.41, 5.74) is 0. The van der Waals surface area contributed by atoms with Crippen LogP contribution in [0.4, 0.5) is 0 Å². The van der Waals surface area contributed by atoms with E-state index in [1.807, 2.05) is 6.08 Å². The van der Waals surface area contributed by atoms with E-state index in [0.717, 1.165) is 44.9 Å². The van der Waals surface area contributed by atoms with Crippen molar-refractivity contribution < 1.29 is 37.9 Å². The molecule has 0 aromatic carbocycles. The highest BCUT2D eigenvalue weighted by Gasteiger charge is 2.22. The first-order chi connectivity index (χ1) is 23.3. The third-order valence-corrected chi connectivity index (χ3v) is 8.34. The molecular formula is C39H69O8P. The smallest absolute Gasteiger partial charge is 0.462 e. The SMILES string of the molecule is CCCCC/C=C/C/C=C/C/C=C/C/C=C/CCCC(=O)OC[C@H](COP(=O)(O)O)OC(=O)CCCCCCCCCCCCCCC.